The van der Waals surface area contributed by atoms with Crippen molar-refractivity contribution in [2.45, 2.75) is 44.3 Å². The standard InChI is InChI=1S/C25H31Cl2FN6O3/c1-4-20(35)30-16-7-5-6-8-17(16)31-25-29-12-15-13-34(14-33(10-9-28)24(15)32-25)23-21(26)18(36-2)11-19(37-3)22(23)27/h4,11-12,16-17H,1,5-10,13-14H2,2-3H3,(H,30,35)(H,29,31,32). The van der Waals surface area contributed by atoms with Crippen LogP contribution in [0.15, 0.2) is 24.9 Å². The Hall–Kier alpha value is -2.98. The molecule has 0 bridgehead atoms. The van der Waals surface area contributed by atoms with Gasteiger partial charge in [-0.3, -0.25) is 4.79 Å². The van der Waals surface area contributed by atoms with E-state index in [9.17, 15) is 9.18 Å². The zero-order chi connectivity index (χ0) is 26.5. The smallest absolute Gasteiger partial charge is 0.243 e. The van der Waals surface area contributed by atoms with Crippen LogP contribution in [-0.2, 0) is 11.3 Å². The van der Waals surface area contributed by atoms with Crippen LogP contribution in [0.4, 0.5) is 21.8 Å². The second kappa shape index (κ2) is 12.0. The minimum atomic E-state index is -0.568. The van der Waals surface area contributed by atoms with Gasteiger partial charge in [-0.05, 0) is 18.9 Å². The fraction of sp³-hybridized carbons (Fsp3) is 0.480. The molecule has 2 atom stereocenters. The van der Waals surface area contributed by atoms with Gasteiger partial charge in [-0.15, -0.1) is 0 Å². The summed E-state index contributed by atoms with van der Waals surface area (Å²) in [5, 5.41) is 7.05. The number of aromatic nitrogens is 2. The molecule has 1 aliphatic carbocycles. The number of halogens is 3. The molecular formula is C25H31Cl2FN6O3. The Kier molecular flexibility index (Phi) is 8.81. The number of alkyl halides is 1. The van der Waals surface area contributed by atoms with Crippen molar-refractivity contribution in [3.63, 3.8) is 0 Å². The van der Waals surface area contributed by atoms with Crippen LogP contribution in [0.3, 0.4) is 0 Å². The number of carbonyl (C=O) groups is 1. The van der Waals surface area contributed by atoms with Crippen molar-refractivity contribution in [1.29, 1.82) is 0 Å². The first-order valence-corrected chi connectivity index (χ1v) is 12.9. The number of nitrogens with one attached hydrogen (secondary N) is 2. The summed E-state index contributed by atoms with van der Waals surface area (Å²) in [4.78, 5) is 24.9. The number of nitrogens with zero attached hydrogens (tertiary/aromatic N) is 4. The molecule has 1 amide bonds. The Morgan fingerprint density at radius 2 is 1.89 bits per heavy atom. The van der Waals surface area contributed by atoms with Crippen LogP contribution >= 0.6 is 23.2 Å². The third-order valence-electron chi connectivity index (χ3n) is 6.66. The molecule has 2 aliphatic rings. The Labute approximate surface area is 225 Å². The predicted molar refractivity (Wildman–Crippen MR) is 144 cm³/mol. The van der Waals surface area contributed by atoms with E-state index in [1.54, 1.807) is 12.3 Å². The summed E-state index contributed by atoms with van der Waals surface area (Å²) in [5.74, 6) is 1.70. The fourth-order valence-corrected chi connectivity index (χ4v) is 5.58. The molecule has 37 heavy (non-hydrogen) atoms. The number of hydrogen-bond donors (Lipinski definition) is 2. The van der Waals surface area contributed by atoms with Crippen molar-refractivity contribution in [3.05, 3.63) is 40.5 Å². The van der Waals surface area contributed by atoms with Gasteiger partial charge in [0.15, 0.2) is 0 Å². The summed E-state index contributed by atoms with van der Waals surface area (Å²) in [5.41, 5.74) is 1.32. The molecule has 0 saturated heterocycles. The Morgan fingerprint density at radius 1 is 1.22 bits per heavy atom. The predicted octanol–water partition coefficient (Wildman–Crippen LogP) is 4.58. The van der Waals surface area contributed by atoms with Crippen molar-refractivity contribution in [1.82, 2.24) is 15.3 Å². The lowest BCUT2D eigenvalue weighted by atomic mass is 9.90. The highest BCUT2D eigenvalue weighted by molar-refractivity contribution is 6.41. The van der Waals surface area contributed by atoms with Crippen LogP contribution < -0.4 is 29.9 Å². The first-order valence-electron chi connectivity index (χ1n) is 12.1. The zero-order valence-electron chi connectivity index (χ0n) is 20.9. The van der Waals surface area contributed by atoms with Gasteiger partial charge in [0.2, 0.25) is 11.9 Å². The van der Waals surface area contributed by atoms with Gasteiger partial charge in [0.25, 0.3) is 0 Å². The van der Waals surface area contributed by atoms with Crippen molar-refractivity contribution in [2.75, 3.05) is 49.2 Å². The molecule has 2 unspecified atom stereocenters. The van der Waals surface area contributed by atoms with Gasteiger partial charge in [0.1, 0.15) is 34.0 Å². The van der Waals surface area contributed by atoms with Crippen molar-refractivity contribution in [3.8, 4) is 11.5 Å². The van der Waals surface area contributed by atoms with E-state index < -0.39 is 6.67 Å². The maximum Gasteiger partial charge on any atom is 0.243 e. The van der Waals surface area contributed by atoms with E-state index in [1.807, 2.05) is 9.80 Å². The van der Waals surface area contributed by atoms with Gasteiger partial charge in [0, 0.05) is 43.0 Å². The van der Waals surface area contributed by atoms with E-state index in [2.05, 4.69) is 22.2 Å². The second-order valence-electron chi connectivity index (χ2n) is 8.95. The first-order chi connectivity index (χ1) is 17.9. The van der Waals surface area contributed by atoms with Crippen molar-refractivity contribution < 1.29 is 18.7 Å². The first kappa shape index (κ1) is 27.1. The molecule has 200 valence electrons. The minimum absolute atomic E-state index is 0.0210. The summed E-state index contributed by atoms with van der Waals surface area (Å²) in [6.45, 7) is 3.79. The number of rotatable bonds is 9. The molecule has 12 heteroatoms. The molecule has 0 radical (unpaired) electrons. The largest absolute Gasteiger partial charge is 0.495 e. The van der Waals surface area contributed by atoms with Gasteiger partial charge < -0.3 is 29.9 Å². The minimum Gasteiger partial charge on any atom is -0.495 e. The summed E-state index contributed by atoms with van der Waals surface area (Å²) in [6, 6.07) is 1.55. The number of hydrogen-bond acceptors (Lipinski definition) is 8. The van der Waals surface area contributed by atoms with E-state index in [4.69, 9.17) is 37.7 Å². The van der Waals surface area contributed by atoms with Crippen molar-refractivity contribution in [2.24, 2.45) is 0 Å². The number of ether oxygens (including phenoxy) is 2. The van der Waals surface area contributed by atoms with Crippen molar-refractivity contribution >= 4 is 46.6 Å². The van der Waals surface area contributed by atoms with Gasteiger partial charge in [0.05, 0.1) is 26.6 Å². The number of methoxy groups -OCH3 is 2. The molecule has 9 nitrogen and oxygen atoms in total. The lowest BCUT2D eigenvalue weighted by molar-refractivity contribution is -0.117. The van der Waals surface area contributed by atoms with Crippen LogP contribution in [0.1, 0.15) is 31.2 Å². The average molecular weight is 553 g/mol. The maximum absolute atomic E-state index is 13.6. The van der Waals surface area contributed by atoms with Crippen LogP contribution in [0, 0.1) is 0 Å². The number of carbonyl (C=O) groups excluding carboxylic acids is 1. The van der Waals surface area contributed by atoms with E-state index in [0.717, 1.165) is 31.2 Å². The molecule has 2 aromatic rings. The number of fused-ring (bicyclic) bond motifs is 1. The van der Waals surface area contributed by atoms with Crippen LogP contribution in [-0.4, -0.2) is 62.1 Å². The normalized spacial score (nSPS) is 19.2. The van der Waals surface area contributed by atoms with E-state index in [1.165, 1.54) is 20.3 Å². The van der Waals surface area contributed by atoms with Gasteiger partial charge in [-0.2, -0.15) is 4.98 Å². The Bertz CT molecular complexity index is 1130. The molecule has 1 aliphatic heterocycles. The van der Waals surface area contributed by atoms with Crippen LogP contribution in [0.5, 0.6) is 11.5 Å². The highest BCUT2D eigenvalue weighted by Crippen LogP contribution is 2.47. The third kappa shape index (κ3) is 5.80. The number of amides is 1. The fourth-order valence-electron chi connectivity index (χ4n) is 4.84. The summed E-state index contributed by atoms with van der Waals surface area (Å²) in [7, 11) is 3.03. The monoisotopic (exact) mass is 552 g/mol. The molecule has 1 saturated carbocycles. The molecule has 1 aromatic heterocycles. The summed E-state index contributed by atoms with van der Waals surface area (Å²) < 4.78 is 24.4. The second-order valence-corrected chi connectivity index (χ2v) is 9.70. The number of benzene rings is 1. The van der Waals surface area contributed by atoms with Gasteiger partial charge >= 0.3 is 0 Å². The molecular weight excluding hydrogens is 522 g/mol. The molecule has 1 aromatic carbocycles. The average Bonchev–Trinajstić information content (AvgIpc) is 2.90. The molecule has 1 fully saturated rings. The summed E-state index contributed by atoms with van der Waals surface area (Å²) in [6.07, 6.45) is 6.80. The van der Waals surface area contributed by atoms with E-state index >= 15 is 0 Å². The van der Waals surface area contributed by atoms with E-state index in [0.29, 0.717) is 52.2 Å². The lowest BCUT2D eigenvalue weighted by Gasteiger charge is -2.39. The van der Waals surface area contributed by atoms with Gasteiger partial charge in [-0.25, -0.2) is 9.37 Å². The lowest BCUT2D eigenvalue weighted by Crippen LogP contribution is -2.48. The molecule has 2 heterocycles. The third-order valence-corrected chi connectivity index (χ3v) is 7.39. The van der Waals surface area contributed by atoms with E-state index in [-0.39, 0.29) is 24.5 Å². The number of anilines is 3. The SMILES string of the molecule is C=CC(=O)NC1CCCCC1Nc1ncc2c(n1)N(CCF)CN(c1c(Cl)c(OC)cc(OC)c1Cl)C2. The quantitative estimate of drug-likeness (QED) is 0.437. The highest BCUT2D eigenvalue weighted by Gasteiger charge is 2.31. The van der Waals surface area contributed by atoms with Crippen LogP contribution in [0.25, 0.3) is 0 Å². The summed E-state index contributed by atoms with van der Waals surface area (Å²) >= 11 is 13.3. The molecule has 0 spiro atoms. The topological polar surface area (TPSA) is 91.8 Å². The maximum atomic E-state index is 13.6. The molecule has 4 rings (SSSR count). The Balaban J connectivity index is 1.62. The van der Waals surface area contributed by atoms with Gasteiger partial charge in [-0.1, -0.05) is 42.6 Å². The highest BCUT2D eigenvalue weighted by atomic mass is 35.5. The zero-order valence-corrected chi connectivity index (χ0v) is 22.4. The molecule has 2 N–H and O–H groups in total. The Morgan fingerprint density at radius 3 is 2.51 bits per heavy atom. The van der Waals surface area contributed by atoms with Crippen LogP contribution in [0.2, 0.25) is 10.0 Å².